The van der Waals surface area contributed by atoms with Crippen molar-refractivity contribution < 1.29 is 9.53 Å². The zero-order chi connectivity index (χ0) is 15.5. The van der Waals surface area contributed by atoms with E-state index >= 15 is 0 Å². The Labute approximate surface area is 130 Å². The van der Waals surface area contributed by atoms with E-state index in [1.165, 1.54) is 12.6 Å². The number of hydrogen-bond donors (Lipinski definition) is 3. The first kappa shape index (κ1) is 14.7. The third-order valence-electron chi connectivity index (χ3n) is 4.01. The second-order valence-corrected chi connectivity index (χ2v) is 5.68. The standard InChI is InChI=1S/C16H22N4O2/c1-11(21)19-13-2-3-16-12(6-13)7-15(9-22-16)20-10-18-8-14(20)4-5-17/h2-3,6,8,15,18H,4-5,7,9-10,17H2,1H3,(H,19,21)/t15-/m1/s1. The van der Waals surface area contributed by atoms with E-state index in [1.54, 1.807) is 0 Å². The van der Waals surface area contributed by atoms with Crippen LogP contribution in [0.2, 0.25) is 0 Å². The highest BCUT2D eigenvalue weighted by atomic mass is 16.5. The zero-order valence-corrected chi connectivity index (χ0v) is 12.8. The number of carbonyl (C=O) groups is 1. The summed E-state index contributed by atoms with van der Waals surface area (Å²) in [5.74, 6) is 0.840. The van der Waals surface area contributed by atoms with Crippen molar-refractivity contribution in [2.45, 2.75) is 25.8 Å². The van der Waals surface area contributed by atoms with Gasteiger partial charge in [0, 0.05) is 30.9 Å². The number of fused-ring (bicyclic) bond motifs is 1. The topological polar surface area (TPSA) is 79.6 Å². The first-order valence-corrected chi connectivity index (χ1v) is 7.60. The van der Waals surface area contributed by atoms with E-state index in [1.807, 2.05) is 24.4 Å². The Morgan fingerprint density at radius 1 is 1.55 bits per heavy atom. The molecule has 2 heterocycles. The van der Waals surface area contributed by atoms with Crippen molar-refractivity contribution in [1.29, 1.82) is 0 Å². The molecule has 0 bridgehead atoms. The van der Waals surface area contributed by atoms with Gasteiger partial charge in [0.2, 0.25) is 5.91 Å². The van der Waals surface area contributed by atoms with Crippen LogP contribution >= 0.6 is 0 Å². The van der Waals surface area contributed by atoms with Crippen LogP contribution in [0.5, 0.6) is 5.75 Å². The van der Waals surface area contributed by atoms with Gasteiger partial charge in [-0.1, -0.05) is 0 Å². The SMILES string of the molecule is CC(=O)Nc1ccc2c(c1)C[C@@H](N1CNC=C1CCN)CO2. The fourth-order valence-corrected chi connectivity index (χ4v) is 3.03. The Morgan fingerprint density at radius 3 is 3.18 bits per heavy atom. The van der Waals surface area contributed by atoms with Crippen molar-refractivity contribution in [3.63, 3.8) is 0 Å². The van der Waals surface area contributed by atoms with Crippen molar-refractivity contribution in [2.75, 3.05) is 25.1 Å². The minimum atomic E-state index is -0.0647. The van der Waals surface area contributed by atoms with E-state index in [9.17, 15) is 4.79 Å². The molecule has 1 atom stereocenters. The summed E-state index contributed by atoms with van der Waals surface area (Å²) < 4.78 is 5.89. The highest BCUT2D eigenvalue weighted by molar-refractivity contribution is 5.88. The highest BCUT2D eigenvalue weighted by Gasteiger charge is 2.28. The number of nitrogens with one attached hydrogen (secondary N) is 2. The minimum Gasteiger partial charge on any atom is -0.491 e. The molecule has 22 heavy (non-hydrogen) atoms. The summed E-state index contributed by atoms with van der Waals surface area (Å²) in [4.78, 5) is 13.5. The van der Waals surface area contributed by atoms with Crippen molar-refractivity contribution in [3.05, 3.63) is 35.7 Å². The van der Waals surface area contributed by atoms with Crippen LogP contribution in [-0.4, -0.2) is 36.7 Å². The number of anilines is 1. The van der Waals surface area contributed by atoms with Crippen LogP contribution in [0.15, 0.2) is 30.1 Å². The van der Waals surface area contributed by atoms with Crippen LogP contribution < -0.4 is 21.1 Å². The summed E-state index contributed by atoms with van der Waals surface area (Å²) in [6.45, 7) is 3.61. The molecule has 4 N–H and O–H groups in total. The summed E-state index contributed by atoms with van der Waals surface area (Å²) >= 11 is 0. The van der Waals surface area contributed by atoms with Crippen molar-refractivity contribution in [3.8, 4) is 5.75 Å². The molecule has 1 aromatic carbocycles. The molecule has 0 fully saturated rings. The molecular formula is C16H22N4O2. The number of nitrogens with two attached hydrogens (primary N) is 1. The predicted molar refractivity (Wildman–Crippen MR) is 85.3 cm³/mol. The molecule has 1 aromatic rings. The summed E-state index contributed by atoms with van der Waals surface area (Å²) in [6, 6.07) is 6.08. The monoisotopic (exact) mass is 302 g/mol. The van der Waals surface area contributed by atoms with Crippen LogP contribution in [-0.2, 0) is 11.2 Å². The van der Waals surface area contributed by atoms with Crippen LogP contribution in [0.25, 0.3) is 0 Å². The summed E-state index contributed by atoms with van der Waals surface area (Å²) in [7, 11) is 0. The molecule has 6 nitrogen and oxygen atoms in total. The van der Waals surface area contributed by atoms with Gasteiger partial charge in [-0.2, -0.15) is 0 Å². The predicted octanol–water partition coefficient (Wildman–Crippen LogP) is 1.00. The lowest BCUT2D eigenvalue weighted by atomic mass is 10.0. The number of nitrogens with zero attached hydrogens (tertiary/aromatic N) is 1. The molecule has 0 spiro atoms. The van der Waals surface area contributed by atoms with Crippen molar-refractivity contribution in [2.24, 2.45) is 5.73 Å². The van der Waals surface area contributed by atoms with Gasteiger partial charge < -0.3 is 26.0 Å². The number of rotatable bonds is 4. The summed E-state index contributed by atoms with van der Waals surface area (Å²) in [5.41, 5.74) is 8.85. The molecule has 0 saturated carbocycles. The van der Waals surface area contributed by atoms with Gasteiger partial charge in [-0.25, -0.2) is 0 Å². The Kier molecular flexibility index (Phi) is 4.20. The van der Waals surface area contributed by atoms with Gasteiger partial charge in [0.15, 0.2) is 0 Å². The highest BCUT2D eigenvalue weighted by Crippen LogP contribution is 2.31. The lowest BCUT2D eigenvalue weighted by Crippen LogP contribution is -2.43. The minimum absolute atomic E-state index is 0.0647. The van der Waals surface area contributed by atoms with E-state index in [2.05, 4.69) is 15.5 Å². The van der Waals surface area contributed by atoms with Gasteiger partial charge in [-0.05, 0) is 36.7 Å². The molecule has 6 heteroatoms. The lowest BCUT2D eigenvalue weighted by molar-refractivity contribution is -0.114. The van der Waals surface area contributed by atoms with E-state index in [-0.39, 0.29) is 11.9 Å². The molecule has 0 saturated heterocycles. The van der Waals surface area contributed by atoms with E-state index in [4.69, 9.17) is 10.5 Å². The third kappa shape index (κ3) is 3.01. The summed E-state index contributed by atoms with van der Waals surface area (Å²) in [5, 5.41) is 6.08. The van der Waals surface area contributed by atoms with Gasteiger partial charge in [0.05, 0.1) is 12.7 Å². The first-order chi connectivity index (χ1) is 10.7. The number of carbonyl (C=O) groups excluding carboxylic acids is 1. The van der Waals surface area contributed by atoms with Gasteiger partial charge >= 0.3 is 0 Å². The number of benzene rings is 1. The average molecular weight is 302 g/mol. The smallest absolute Gasteiger partial charge is 0.221 e. The Balaban J connectivity index is 1.75. The van der Waals surface area contributed by atoms with Crippen LogP contribution in [0.3, 0.4) is 0 Å². The van der Waals surface area contributed by atoms with Gasteiger partial charge in [0.25, 0.3) is 0 Å². The number of ether oxygens (including phenoxy) is 1. The molecule has 118 valence electrons. The number of amides is 1. The van der Waals surface area contributed by atoms with Crippen molar-refractivity contribution in [1.82, 2.24) is 10.2 Å². The maximum absolute atomic E-state index is 11.2. The molecule has 2 aliphatic rings. The molecule has 1 amide bonds. The third-order valence-corrected chi connectivity index (χ3v) is 4.01. The van der Waals surface area contributed by atoms with Crippen LogP contribution in [0, 0.1) is 0 Å². The maximum atomic E-state index is 11.2. The first-order valence-electron chi connectivity index (χ1n) is 7.60. The zero-order valence-electron chi connectivity index (χ0n) is 12.8. The molecule has 0 aromatic heterocycles. The van der Waals surface area contributed by atoms with Crippen molar-refractivity contribution >= 4 is 11.6 Å². The normalized spacial score (nSPS) is 19.8. The molecule has 0 radical (unpaired) electrons. The van der Waals surface area contributed by atoms with Gasteiger partial charge in [0.1, 0.15) is 12.4 Å². The molecule has 2 aliphatic heterocycles. The van der Waals surface area contributed by atoms with Gasteiger partial charge in [-0.15, -0.1) is 0 Å². The lowest BCUT2D eigenvalue weighted by Gasteiger charge is -2.35. The van der Waals surface area contributed by atoms with E-state index in [0.717, 1.165) is 36.5 Å². The Morgan fingerprint density at radius 2 is 2.41 bits per heavy atom. The number of hydrogen-bond acceptors (Lipinski definition) is 5. The van der Waals surface area contributed by atoms with Crippen LogP contribution in [0.4, 0.5) is 5.69 Å². The Bertz CT molecular complexity index is 600. The average Bonchev–Trinajstić information content (AvgIpc) is 2.94. The molecular weight excluding hydrogens is 280 g/mol. The second kappa shape index (κ2) is 6.27. The fourth-order valence-electron chi connectivity index (χ4n) is 3.03. The molecule has 0 unspecified atom stereocenters. The van der Waals surface area contributed by atoms with E-state index < -0.39 is 0 Å². The largest absolute Gasteiger partial charge is 0.491 e. The summed E-state index contributed by atoms with van der Waals surface area (Å²) in [6.07, 6.45) is 3.80. The maximum Gasteiger partial charge on any atom is 0.221 e. The second-order valence-electron chi connectivity index (χ2n) is 5.68. The van der Waals surface area contributed by atoms with Crippen LogP contribution in [0.1, 0.15) is 18.9 Å². The quantitative estimate of drug-likeness (QED) is 0.773. The molecule has 3 rings (SSSR count). The molecule has 0 aliphatic carbocycles. The Hall–Kier alpha value is -2.21. The van der Waals surface area contributed by atoms with Gasteiger partial charge in [-0.3, -0.25) is 4.79 Å². The fraction of sp³-hybridized carbons (Fsp3) is 0.438. The van der Waals surface area contributed by atoms with E-state index in [0.29, 0.717) is 13.2 Å².